The first-order valence-corrected chi connectivity index (χ1v) is 6.72. The predicted octanol–water partition coefficient (Wildman–Crippen LogP) is 2.18. The molecule has 4 N–H and O–H groups in total. The number of nitrogens with two attached hydrogens (primary N) is 1. The number of benzene rings is 1. The third-order valence-corrected chi connectivity index (χ3v) is 3.30. The second-order valence-corrected chi connectivity index (χ2v) is 5.13. The van der Waals surface area contributed by atoms with E-state index >= 15 is 0 Å². The van der Waals surface area contributed by atoms with E-state index in [9.17, 15) is 5.11 Å². The van der Waals surface area contributed by atoms with Crippen LogP contribution in [0, 0.1) is 0 Å². The van der Waals surface area contributed by atoms with Crippen LogP contribution in [0.25, 0.3) is 11.0 Å². The highest BCUT2D eigenvalue weighted by Crippen LogP contribution is 2.26. The van der Waals surface area contributed by atoms with E-state index in [0.717, 1.165) is 16.5 Å². The highest BCUT2D eigenvalue weighted by molar-refractivity contribution is 5.81. The third-order valence-electron chi connectivity index (χ3n) is 3.30. The smallest absolute Gasteiger partial charge is 0.134 e. The van der Waals surface area contributed by atoms with Gasteiger partial charge in [0.25, 0.3) is 0 Å². The fourth-order valence-corrected chi connectivity index (χ4v) is 2.48. The number of hydrogen-bond acceptors (Lipinski definition) is 4. The van der Waals surface area contributed by atoms with Crippen LogP contribution in [0.2, 0.25) is 0 Å². The summed E-state index contributed by atoms with van der Waals surface area (Å²) in [6.07, 6.45) is 2.15. The molecule has 1 heterocycles. The summed E-state index contributed by atoms with van der Waals surface area (Å²) >= 11 is 0. The van der Waals surface area contributed by atoms with Gasteiger partial charge < -0.3 is 20.6 Å². The lowest BCUT2D eigenvalue weighted by Crippen LogP contribution is -2.36. The maximum atomic E-state index is 9.42. The van der Waals surface area contributed by atoms with E-state index in [-0.39, 0.29) is 18.2 Å². The molecule has 4 heteroatoms. The number of fused-ring (bicyclic) bond motifs is 1. The van der Waals surface area contributed by atoms with Gasteiger partial charge in [0, 0.05) is 29.6 Å². The predicted molar refractivity (Wildman–Crippen MR) is 76.9 cm³/mol. The van der Waals surface area contributed by atoms with Gasteiger partial charge in [-0.05, 0) is 26.3 Å². The molecule has 0 aliphatic rings. The summed E-state index contributed by atoms with van der Waals surface area (Å²) in [7, 11) is 0. The minimum absolute atomic E-state index is 0.0393. The first kappa shape index (κ1) is 14.1. The van der Waals surface area contributed by atoms with Crippen LogP contribution in [0.4, 0.5) is 0 Å². The van der Waals surface area contributed by atoms with Gasteiger partial charge in [0.2, 0.25) is 0 Å². The Morgan fingerprint density at radius 2 is 2.05 bits per heavy atom. The Morgan fingerprint density at radius 1 is 1.32 bits per heavy atom. The molecule has 0 saturated carbocycles. The Kier molecular flexibility index (Phi) is 4.58. The van der Waals surface area contributed by atoms with Crippen molar-refractivity contribution in [2.45, 2.75) is 38.5 Å². The summed E-state index contributed by atoms with van der Waals surface area (Å²) in [5, 5.41) is 14.0. The number of furan rings is 1. The molecule has 2 aromatic rings. The van der Waals surface area contributed by atoms with Crippen molar-refractivity contribution in [3.63, 3.8) is 0 Å². The van der Waals surface area contributed by atoms with E-state index < -0.39 is 0 Å². The van der Waals surface area contributed by atoms with Gasteiger partial charge in [0.05, 0.1) is 12.4 Å². The summed E-state index contributed by atoms with van der Waals surface area (Å²) in [4.78, 5) is 0. The Morgan fingerprint density at radius 3 is 2.74 bits per heavy atom. The van der Waals surface area contributed by atoms with Gasteiger partial charge in [-0.1, -0.05) is 18.2 Å². The average molecular weight is 262 g/mol. The molecule has 104 valence electrons. The van der Waals surface area contributed by atoms with Crippen LogP contribution in [0.15, 0.2) is 34.9 Å². The van der Waals surface area contributed by atoms with Gasteiger partial charge in [0.1, 0.15) is 5.58 Å². The molecule has 3 atom stereocenters. The zero-order valence-corrected chi connectivity index (χ0v) is 11.5. The SMILES string of the molecule is CC(O)CC(C)NC(CN)c1coc2ccccc12. The van der Waals surface area contributed by atoms with Gasteiger partial charge in [-0.2, -0.15) is 0 Å². The van der Waals surface area contributed by atoms with E-state index in [2.05, 4.69) is 12.2 Å². The monoisotopic (exact) mass is 262 g/mol. The van der Waals surface area contributed by atoms with Crippen LogP contribution < -0.4 is 11.1 Å². The van der Waals surface area contributed by atoms with E-state index in [1.165, 1.54) is 0 Å². The normalized spacial score (nSPS) is 16.4. The fraction of sp³-hybridized carbons (Fsp3) is 0.467. The quantitative estimate of drug-likeness (QED) is 0.746. The number of nitrogens with one attached hydrogen (secondary N) is 1. The number of para-hydroxylation sites is 1. The van der Waals surface area contributed by atoms with Crippen molar-refractivity contribution in [2.75, 3.05) is 6.54 Å². The summed E-state index contributed by atoms with van der Waals surface area (Å²) < 4.78 is 5.55. The molecule has 1 aromatic carbocycles. The number of aliphatic hydroxyl groups excluding tert-OH is 1. The van der Waals surface area contributed by atoms with Crippen LogP contribution in [0.1, 0.15) is 31.9 Å². The van der Waals surface area contributed by atoms with Crippen molar-refractivity contribution >= 4 is 11.0 Å². The van der Waals surface area contributed by atoms with Crippen LogP contribution in [0.3, 0.4) is 0 Å². The van der Waals surface area contributed by atoms with Crippen molar-refractivity contribution in [3.05, 3.63) is 36.1 Å². The van der Waals surface area contributed by atoms with Crippen molar-refractivity contribution in [2.24, 2.45) is 5.73 Å². The Hall–Kier alpha value is -1.36. The van der Waals surface area contributed by atoms with Crippen LogP contribution >= 0.6 is 0 Å². The Labute approximate surface area is 113 Å². The highest BCUT2D eigenvalue weighted by Gasteiger charge is 2.18. The molecule has 0 bridgehead atoms. The molecule has 0 saturated heterocycles. The van der Waals surface area contributed by atoms with E-state index in [0.29, 0.717) is 13.0 Å². The molecule has 0 amide bonds. The molecule has 0 spiro atoms. The van der Waals surface area contributed by atoms with Crippen molar-refractivity contribution in [1.29, 1.82) is 0 Å². The summed E-state index contributed by atoms with van der Waals surface area (Å²) in [5.41, 5.74) is 7.82. The van der Waals surface area contributed by atoms with Gasteiger partial charge in [-0.15, -0.1) is 0 Å². The summed E-state index contributed by atoms with van der Waals surface area (Å²) in [5.74, 6) is 0. The van der Waals surface area contributed by atoms with E-state index in [1.54, 1.807) is 13.2 Å². The zero-order valence-electron chi connectivity index (χ0n) is 11.5. The lowest BCUT2D eigenvalue weighted by atomic mass is 10.0. The van der Waals surface area contributed by atoms with Gasteiger partial charge >= 0.3 is 0 Å². The standard InChI is InChI=1S/C15H22N2O2/c1-10(7-11(2)18)17-14(8-16)13-9-19-15-6-4-3-5-12(13)15/h3-6,9-11,14,17-18H,7-8,16H2,1-2H3. The molecule has 4 nitrogen and oxygen atoms in total. The first-order valence-electron chi connectivity index (χ1n) is 6.72. The maximum Gasteiger partial charge on any atom is 0.134 e. The molecule has 19 heavy (non-hydrogen) atoms. The van der Waals surface area contributed by atoms with Crippen LogP contribution in [0.5, 0.6) is 0 Å². The first-order chi connectivity index (χ1) is 9.11. The van der Waals surface area contributed by atoms with Gasteiger partial charge in [0.15, 0.2) is 0 Å². The topological polar surface area (TPSA) is 71.4 Å². The molecular formula is C15H22N2O2. The molecule has 2 rings (SSSR count). The van der Waals surface area contributed by atoms with Crippen molar-refractivity contribution < 1.29 is 9.52 Å². The fourth-order valence-electron chi connectivity index (χ4n) is 2.48. The molecular weight excluding hydrogens is 240 g/mol. The lowest BCUT2D eigenvalue weighted by molar-refractivity contribution is 0.168. The molecule has 0 fully saturated rings. The molecule has 3 unspecified atom stereocenters. The van der Waals surface area contributed by atoms with Crippen LogP contribution in [-0.4, -0.2) is 23.8 Å². The third kappa shape index (κ3) is 3.35. The molecule has 0 aliphatic carbocycles. The van der Waals surface area contributed by atoms with Crippen molar-refractivity contribution in [3.8, 4) is 0 Å². The van der Waals surface area contributed by atoms with Crippen LogP contribution in [-0.2, 0) is 0 Å². The number of aliphatic hydroxyl groups is 1. The second-order valence-electron chi connectivity index (χ2n) is 5.13. The minimum atomic E-state index is -0.318. The average Bonchev–Trinajstić information content (AvgIpc) is 2.79. The lowest BCUT2D eigenvalue weighted by Gasteiger charge is -2.22. The Bertz CT molecular complexity index is 522. The van der Waals surface area contributed by atoms with E-state index in [4.69, 9.17) is 10.2 Å². The molecule has 0 aliphatic heterocycles. The van der Waals surface area contributed by atoms with Gasteiger partial charge in [-0.25, -0.2) is 0 Å². The van der Waals surface area contributed by atoms with Gasteiger partial charge in [-0.3, -0.25) is 0 Å². The molecule has 1 aromatic heterocycles. The molecule has 0 radical (unpaired) electrons. The Balaban J connectivity index is 2.17. The second kappa shape index (κ2) is 6.19. The zero-order chi connectivity index (χ0) is 13.8. The maximum absolute atomic E-state index is 9.42. The summed E-state index contributed by atoms with van der Waals surface area (Å²) in [6, 6.07) is 8.17. The largest absolute Gasteiger partial charge is 0.464 e. The highest BCUT2D eigenvalue weighted by atomic mass is 16.3. The van der Waals surface area contributed by atoms with Crippen molar-refractivity contribution in [1.82, 2.24) is 5.32 Å². The summed E-state index contributed by atoms with van der Waals surface area (Å²) in [6.45, 7) is 4.34. The van der Waals surface area contributed by atoms with E-state index in [1.807, 2.05) is 24.3 Å². The minimum Gasteiger partial charge on any atom is -0.464 e. The number of hydrogen-bond donors (Lipinski definition) is 3. The number of rotatable bonds is 6.